The molecule has 1 amide bonds. The number of carbonyl (C=O) groups is 2. The highest BCUT2D eigenvalue weighted by Gasteiger charge is 2.42. The van der Waals surface area contributed by atoms with Gasteiger partial charge in [0.15, 0.2) is 0 Å². The molecule has 0 aliphatic carbocycles. The lowest BCUT2D eigenvalue weighted by Gasteiger charge is -2.20. The Morgan fingerprint density at radius 3 is 2.35 bits per heavy atom. The van der Waals surface area contributed by atoms with Gasteiger partial charge < -0.3 is 10.0 Å². The summed E-state index contributed by atoms with van der Waals surface area (Å²) in [4.78, 5) is 24.4. The largest absolute Gasteiger partial charge is 0.481 e. The summed E-state index contributed by atoms with van der Waals surface area (Å²) in [5.41, 5.74) is -2.25. The number of allylic oxidation sites excluding steroid dienone is 1. The maximum absolute atomic E-state index is 13.2. The number of amides is 1. The molecule has 1 unspecified atom stereocenters. The summed E-state index contributed by atoms with van der Waals surface area (Å²) < 4.78 is 39.6. The fraction of sp³-hybridized carbons (Fsp3) is 0.375. The molecule has 1 aromatic carbocycles. The van der Waals surface area contributed by atoms with Crippen LogP contribution in [0, 0.1) is 5.41 Å². The summed E-state index contributed by atoms with van der Waals surface area (Å²) in [6.07, 6.45) is -3.91. The molecule has 4 nitrogen and oxygen atoms in total. The quantitative estimate of drug-likeness (QED) is 0.869. The van der Waals surface area contributed by atoms with Crippen LogP contribution in [0.15, 0.2) is 36.4 Å². The van der Waals surface area contributed by atoms with Crippen molar-refractivity contribution in [2.24, 2.45) is 5.41 Å². The summed E-state index contributed by atoms with van der Waals surface area (Å²) in [5.74, 6) is -1.89. The Hall–Kier alpha value is -2.31. The van der Waals surface area contributed by atoms with Crippen LogP contribution in [-0.4, -0.2) is 41.1 Å². The van der Waals surface area contributed by atoms with Crippen molar-refractivity contribution in [1.82, 2.24) is 4.90 Å². The van der Waals surface area contributed by atoms with Gasteiger partial charge >= 0.3 is 12.1 Å². The molecule has 1 atom stereocenters. The molecule has 0 saturated carbocycles. The Morgan fingerprint density at radius 1 is 1.26 bits per heavy atom. The topological polar surface area (TPSA) is 57.6 Å². The van der Waals surface area contributed by atoms with Crippen LogP contribution in [0.2, 0.25) is 0 Å². The Morgan fingerprint density at radius 2 is 1.87 bits per heavy atom. The summed E-state index contributed by atoms with van der Waals surface area (Å²) in [6.45, 7) is 1.50. The average molecular weight is 327 g/mol. The second kappa shape index (κ2) is 6.06. The lowest BCUT2D eigenvalue weighted by atomic mass is 9.90. The van der Waals surface area contributed by atoms with Gasteiger partial charge in [0.2, 0.25) is 5.91 Å². The number of carbonyl (C=O) groups excluding carboxylic acids is 1. The number of aliphatic carboxylic acids is 1. The van der Waals surface area contributed by atoms with Crippen molar-refractivity contribution in [3.8, 4) is 0 Å². The van der Waals surface area contributed by atoms with E-state index in [-0.39, 0.29) is 25.1 Å². The highest BCUT2D eigenvalue weighted by atomic mass is 19.4. The van der Waals surface area contributed by atoms with Crippen LogP contribution in [0.3, 0.4) is 0 Å². The summed E-state index contributed by atoms with van der Waals surface area (Å²) >= 11 is 0. The van der Waals surface area contributed by atoms with E-state index >= 15 is 0 Å². The highest BCUT2D eigenvalue weighted by molar-refractivity contribution is 5.96. The number of alkyl halides is 3. The van der Waals surface area contributed by atoms with E-state index in [1.165, 1.54) is 31.2 Å². The zero-order valence-electron chi connectivity index (χ0n) is 12.4. The van der Waals surface area contributed by atoms with E-state index in [4.69, 9.17) is 5.11 Å². The van der Waals surface area contributed by atoms with Crippen molar-refractivity contribution in [3.63, 3.8) is 0 Å². The molecule has 1 saturated heterocycles. The Labute approximate surface area is 131 Å². The predicted molar refractivity (Wildman–Crippen MR) is 77.4 cm³/mol. The minimum absolute atomic E-state index is 0.0996. The lowest BCUT2D eigenvalue weighted by molar-refractivity contribution is -0.147. The fourth-order valence-electron chi connectivity index (χ4n) is 2.49. The summed E-state index contributed by atoms with van der Waals surface area (Å²) in [7, 11) is 0. The smallest absolute Gasteiger partial charge is 0.417 e. The molecule has 2 rings (SSSR count). The molecule has 1 aromatic rings. The molecule has 0 bridgehead atoms. The summed E-state index contributed by atoms with van der Waals surface area (Å²) in [6, 6.07) is 7.04. The van der Waals surface area contributed by atoms with Crippen molar-refractivity contribution < 1.29 is 27.9 Å². The number of carboxylic acids is 1. The van der Waals surface area contributed by atoms with Crippen LogP contribution in [0.25, 0.3) is 5.57 Å². The molecule has 23 heavy (non-hydrogen) atoms. The number of carboxylic acid groups (broad SMARTS) is 1. The van der Waals surface area contributed by atoms with Gasteiger partial charge in [-0.1, -0.05) is 30.3 Å². The Kier molecular flexibility index (Phi) is 4.49. The summed E-state index contributed by atoms with van der Waals surface area (Å²) in [5, 5.41) is 9.13. The maximum atomic E-state index is 13.2. The molecular weight excluding hydrogens is 311 g/mol. The molecular formula is C16H16F3NO3. The zero-order valence-corrected chi connectivity index (χ0v) is 12.4. The van der Waals surface area contributed by atoms with Gasteiger partial charge in [-0.2, -0.15) is 13.2 Å². The maximum Gasteiger partial charge on any atom is 0.417 e. The molecule has 7 heteroatoms. The zero-order chi connectivity index (χ0) is 17.3. The van der Waals surface area contributed by atoms with E-state index in [1.54, 1.807) is 6.07 Å². The van der Waals surface area contributed by atoms with E-state index in [1.807, 2.05) is 0 Å². The van der Waals surface area contributed by atoms with Crippen LogP contribution in [0.4, 0.5) is 13.2 Å². The third-order valence-electron chi connectivity index (χ3n) is 3.96. The molecule has 124 valence electrons. The fourth-order valence-corrected chi connectivity index (χ4v) is 2.49. The average Bonchev–Trinajstić information content (AvgIpc) is 2.88. The molecule has 1 fully saturated rings. The van der Waals surface area contributed by atoms with E-state index in [0.717, 1.165) is 4.90 Å². The molecule has 0 spiro atoms. The van der Waals surface area contributed by atoms with Crippen LogP contribution < -0.4 is 0 Å². The van der Waals surface area contributed by atoms with Crippen LogP contribution in [-0.2, 0) is 9.59 Å². The van der Waals surface area contributed by atoms with Crippen molar-refractivity contribution in [3.05, 3.63) is 42.0 Å². The molecule has 0 radical (unpaired) electrons. The van der Waals surface area contributed by atoms with Gasteiger partial charge in [-0.15, -0.1) is 0 Å². The van der Waals surface area contributed by atoms with Gasteiger partial charge in [0.05, 0.1) is 11.0 Å². The number of rotatable bonds is 3. The van der Waals surface area contributed by atoms with Gasteiger partial charge in [-0.3, -0.25) is 9.59 Å². The van der Waals surface area contributed by atoms with Gasteiger partial charge in [-0.05, 0) is 18.9 Å². The first-order valence-electron chi connectivity index (χ1n) is 7.00. The van der Waals surface area contributed by atoms with Crippen molar-refractivity contribution in [2.45, 2.75) is 19.5 Å². The van der Waals surface area contributed by atoms with E-state index in [0.29, 0.717) is 6.08 Å². The van der Waals surface area contributed by atoms with E-state index in [9.17, 15) is 22.8 Å². The normalized spacial score (nSPS) is 22.3. The Balaban J connectivity index is 2.27. The van der Waals surface area contributed by atoms with Crippen molar-refractivity contribution in [1.29, 1.82) is 0 Å². The minimum Gasteiger partial charge on any atom is -0.481 e. The lowest BCUT2D eigenvalue weighted by Crippen LogP contribution is -2.34. The van der Waals surface area contributed by atoms with Gasteiger partial charge in [0.1, 0.15) is 0 Å². The number of hydrogen-bond donors (Lipinski definition) is 1. The van der Waals surface area contributed by atoms with Crippen LogP contribution in [0.1, 0.15) is 18.9 Å². The van der Waals surface area contributed by atoms with Crippen molar-refractivity contribution >= 4 is 17.4 Å². The number of benzene rings is 1. The molecule has 1 N–H and O–H groups in total. The third kappa shape index (κ3) is 3.72. The molecule has 1 aliphatic heterocycles. The first kappa shape index (κ1) is 17.1. The number of halogens is 3. The second-order valence-corrected chi connectivity index (χ2v) is 5.80. The standard InChI is InChI=1S/C16H16F3NO3/c1-15(14(22)23)7-8-20(10-15)13(21)9-12(16(17,18)19)11-5-3-2-4-6-11/h2-6,9H,7-8,10H2,1H3,(H,22,23). The molecule has 1 heterocycles. The predicted octanol–water partition coefficient (Wildman–Crippen LogP) is 2.96. The van der Waals surface area contributed by atoms with Gasteiger partial charge in [0, 0.05) is 19.2 Å². The molecule has 1 aliphatic rings. The second-order valence-electron chi connectivity index (χ2n) is 5.80. The first-order valence-corrected chi connectivity index (χ1v) is 7.00. The number of hydrogen-bond acceptors (Lipinski definition) is 2. The highest BCUT2D eigenvalue weighted by Crippen LogP contribution is 2.35. The van der Waals surface area contributed by atoms with Crippen molar-refractivity contribution in [2.75, 3.05) is 13.1 Å². The van der Waals surface area contributed by atoms with Crippen LogP contribution >= 0.6 is 0 Å². The van der Waals surface area contributed by atoms with Gasteiger partial charge in [-0.25, -0.2) is 0 Å². The number of nitrogens with zero attached hydrogens (tertiary/aromatic N) is 1. The monoisotopic (exact) mass is 327 g/mol. The van der Waals surface area contributed by atoms with E-state index in [2.05, 4.69) is 0 Å². The molecule has 0 aromatic heterocycles. The van der Waals surface area contributed by atoms with Crippen LogP contribution in [0.5, 0.6) is 0 Å². The SMILES string of the molecule is CC1(C(=O)O)CCN(C(=O)C=C(c2ccccc2)C(F)(F)F)C1. The Bertz CT molecular complexity index is 640. The van der Waals surface area contributed by atoms with Gasteiger partial charge in [0.25, 0.3) is 0 Å². The third-order valence-corrected chi connectivity index (χ3v) is 3.96. The van der Waals surface area contributed by atoms with E-state index < -0.39 is 29.0 Å². The first-order chi connectivity index (χ1) is 10.6. The minimum atomic E-state index is -4.67. The number of likely N-dealkylation sites (tertiary alicyclic amines) is 1.